The highest BCUT2D eigenvalue weighted by molar-refractivity contribution is 6.34. The Hall–Kier alpha value is -1.55. The lowest BCUT2D eigenvalue weighted by molar-refractivity contribution is -0.138. The van der Waals surface area contributed by atoms with E-state index < -0.39 is 5.97 Å². The molecule has 0 bridgehead atoms. The molecule has 0 radical (unpaired) electrons. The summed E-state index contributed by atoms with van der Waals surface area (Å²) in [5.41, 5.74) is 1.25. The number of carbonyl (C=O) groups is 2. The zero-order chi connectivity index (χ0) is 14.6. The van der Waals surface area contributed by atoms with Crippen molar-refractivity contribution in [1.82, 2.24) is 4.90 Å². The van der Waals surface area contributed by atoms with Crippen LogP contribution in [0.1, 0.15) is 36.2 Å². The van der Waals surface area contributed by atoms with Crippen molar-refractivity contribution in [3.8, 4) is 0 Å². The van der Waals surface area contributed by atoms with Crippen molar-refractivity contribution < 1.29 is 14.7 Å². The molecule has 1 aromatic rings. The predicted molar refractivity (Wildman–Crippen MR) is 74.6 cm³/mol. The number of benzene rings is 1. The van der Waals surface area contributed by atoms with Gasteiger partial charge < -0.3 is 10.0 Å². The Balaban J connectivity index is 3.02. The Morgan fingerprint density at radius 1 is 1.42 bits per heavy atom. The third-order valence-corrected chi connectivity index (χ3v) is 3.53. The van der Waals surface area contributed by atoms with E-state index in [1.165, 1.54) is 4.90 Å². The lowest BCUT2D eigenvalue weighted by atomic mass is 10.1. The van der Waals surface area contributed by atoms with Gasteiger partial charge in [0, 0.05) is 12.6 Å². The molecule has 0 aliphatic heterocycles. The van der Waals surface area contributed by atoms with Gasteiger partial charge in [0.05, 0.1) is 17.0 Å². The van der Waals surface area contributed by atoms with Gasteiger partial charge >= 0.3 is 5.97 Å². The predicted octanol–water partition coefficient (Wildman–Crippen LogP) is 2.97. The normalized spacial score (nSPS) is 12.0. The van der Waals surface area contributed by atoms with Crippen LogP contribution in [0, 0.1) is 6.92 Å². The second kappa shape index (κ2) is 6.57. The summed E-state index contributed by atoms with van der Waals surface area (Å²) in [5.74, 6) is -1.15. The van der Waals surface area contributed by atoms with E-state index in [9.17, 15) is 9.59 Å². The average molecular weight is 284 g/mol. The molecular weight excluding hydrogens is 266 g/mol. The van der Waals surface area contributed by atoms with Gasteiger partial charge in [-0.05, 0) is 32.4 Å². The number of hydrogen-bond donors (Lipinski definition) is 1. The highest BCUT2D eigenvalue weighted by Crippen LogP contribution is 2.22. The highest BCUT2D eigenvalue weighted by atomic mass is 35.5. The molecule has 0 aliphatic rings. The molecule has 0 spiro atoms. The number of carboxylic acid groups (broad SMARTS) is 1. The lowest BCUT2D eigenvalue weighted by Gasteiger charge is -2.27. The Morgan fingerprint density at radius 3 is 2.58 bits per heavy atom. The molecule has 0 heterocycles. The Morgan fingerprint density at radius 2 is 2.05 bits per heavy atom. The molecule has 1 rings (SSSR count). The first-order valence-electron chi connectivity index (χ1n) is 6.16. The fraction of sp³-hybridized carbons (Fsp3) is 0.429. The van der Waals surface area contributed by atoms with Crippen LogP contribution in [0.2, 0.25) is 5.02 Å². The highest BCUT2D eigenvalue weighted by Gasteiger charge is 2.23. The first-order valence-corrected chi connectivity index (χ1v) is 6.54. The maximum Gasteiger partial charge on any atom is 0.305 e. The standard InChI is InChI=1S/C14H18ClNO3/c1-4-16(10(3)8-12(17)18)14(19)11-7-5-6-9(2)13(11)15/h5-7,10H,4,8H2,1-3H3,(H,17,18). The van der Waals surface area contributed by atoms with Crippen molar-refractivity contribution >= 4 is 23.5 Å². The van der Waals surface area contributed by atoms with Crippen LogP contribution < -0.4 is 0 Å². The fourth-order valence-electron chi connectivity index (χ4n) is 1.99. The molecule has 4 nitrogen and oxygen atoms in total. The minimum atomic E-state index is -0.922. The molecule has 0 saturated heterocycles. The SMILES string of the molecule is CCN(C(=O)c1cccc(C)c1Cl)C(C)CC(=O)O. The number of rotatable bonds is 5. The second-order valence-corrected chi connectivity index (χ2v) is 4.85. The quantitative estimate of drug-likeness (QED) is 0.904. The van der Waals surface area contributed by atoms with Crippen LogP contribution in [0.15, 0.2) is 18.2 Å². The number of amides is 1. The van der Waals surface area contributed by atoms with Crippen LogP contribution in [0.25, 0.3) is 0 Å². The molecule has 104 valence electrons. The fourth-order valence-corrected chi connectivity index (χ4v) is 2.19. The summed E-state index contributed by atoms with van der Waals surface area (Å²) in [6.07, 6.45) is -0.0803. The third-order valence-electron chi connectivity index (χ3n) is 3.03. The molecule has 1 amide bonds. The van der Waals surface area contributed by atoms with Crippen LogP contribution in [0.5, 0.6) is 0 Å². The Kier molecular flexibility index (Phi) is 5.36. The van der Waals surface area contributed by atoms with Crippen molar-refractivity contribution in [1.29, 1.82) is 0 Å². The van der Waals surface area contributed by atoms with Crippen molar-refractivity contribution in [3.63, 3.8) is 0 Å². The number of aryl methyl sites for hydroxylation is 1. The summed E-state index contributed by atoms with van der Waals surface area (Å²) >= 11 is 6.14. The second-order valence-electron chi connectivity index (χ2n) is 4.47. The molecule has 1 unspecified atom stereocenters. The van der Waals surface area contributed by atoms with Gasteiger partial charge in [0.15, 0.2) is 0 Å². The van der Waals surface area contributed by atoms with Crippen molar-refractivity contribution in [2.45, 2.75) is 33.2 Å². The summed E-state index contributed by atoms with van der Waals surface area (Å²) in [6.45, 7) is 5.81. The maximum atomic E-state index is 12.4. The van der Waals surface area contributed by atoms with Gasteiger partial charge in [-0.25, -0.2) is 0 Å². The molecule has 0 saturated carbocycles. The minimum absolute atomic E-state index is 0.0803. The van der Waals surface area contributed by atoms with Crippen molar-refractivity contribution in [3.05, 3.63) is 34.3 Å². The Labute approximate surface area is 118 Å². The lowest BCUT2D eigenvalue weighted by Crippen LogP contribution is -2.39. The van der Waals surface area contributed by atoms with E-state index in [1.807, 2.05) is 19.9 Å². The smallest absolute Gasteiger partial charge is 0.305 e. The van der Waals surface area contributed by atoms with Crippen LogP contribution in [-0.4, -0.2) is 34.5 Å². The Bertz CT molecular complexity index is 488. The maximum absolute atomic E-state index is 12.4. The molecule has 0 fully saturated rings. The van der Waals surface area contributed by atoms with Crippen molar-refractivity contribution in [2.24, 2.45) is 0 Å². The zero-order valence-electron chi connectivity index (χ0n) is 11.3. The van der Waals surface area contributed by atoms with Crippen LogP contribution in [-0.2, 0) is 4.79 Å². The van der Waals surface area contributed by atoms with E-state index in [4.69, 9.17) is 16.7 Å². The van der Waals surface area contributed by atoms with Crippen LogP contribution in [0.4, 0.5) is 0 Å². The number of carbonyl (C=O) groups excluding carboxylic acids is 1. The van der Waals surface area contributed by atoms with Gasteiger partial charge in [-0.1, -0.05) is 23.7 Å². The van der Waals surface area contributed by atoms with Gasteiger partial charge in [-0.15, -0.1) is 0 Å². The molecular formula is C14H18ClNO3. The summed E-state index contributed by atoms with van der Waals surface area (Å²) < 4.78 is 0. The number of carboxylic acids is 1. The largest absolute Gasteiger partial charge is 0.481 e. The molecule has 0 aromatic heterocycles. The van der Waals surface area contributed by atoms with E-state index in [-0.39, 0.29) is 18.4 Å². The van der Waals surface area contributed by atoms with Gasteiger partial charge in [0.1, 0.15) is 0 Å². The summed E-state index contributed by atoms with van der Waals surface area (Å²) in [7, 11) is 0. The summed E-state index contributed by atoms with van der Waals surface area (Å²) in [5, 5.41) is 9.24. The van der Waals surface area contributed by atoms with Crippen LogP contribution >= 0.6 is 11.6 Å². The minimum Gasteiger partial charge on any atom is -0.481 e. The number of hydrogen-bond acceptors (Lipinski definition) is 2. The monoisotopic (exact) mass is 283 g/mol. The molecule has 19 heavy (non-hydrogen) atoms. The average Bonchev–Trinajstić information content (AvgIpc) is 2.32. The molecule has 0 aliphatic carbocycles. The molecule has 1 aromatic carbocycles. The number of nitrogens with zero attached hydrogens (tertiary/aromatic N) is 1. The first-order chi connectivity index (χ1) is 8.88. The van der Waals surface area contributed by atoms with Gasteiger partial charge in [0.2, 0.25) is 0 Å². The van der Waals surface area contributed by atoms with Crippen molar-refractivity contribution in [2.75, 3.05) is 6.54 Å². The van der Waals surface area contributed by atoms with Crippen LogP contribution in [0.3, 0.4) is 0 Å². The van der Waals surface area contributed by atoms with E-state index in [0.717, 1.165) is 5.56 Å². The third kappa shape index (κ3) is 3.70. The van der Waals surface area contributed by atoms with E-state index >= 15 is 0 Å². The van der Waals surface area contributed by atoms with Gasteiger partial charge in [-0.2, -0.15) is 0 Å². The first kappa shape index (κ1) is 15.5. The van der Waals surface area contributed by atoms with E-state index in [2.05, 4.69) is 0 Å². The van der Waals surface area contributed by atoms with E-state index in [0.29, 0.717) is 17.1 Å². The molecule has 1 atom stereocenters. The van der Waals surface area contributed by atoms with Gasteiger partial charge in [0.25, 0.3) is 5.91 Å². The number of aliphatic carboxylic acids is 1. The molecule has 5 heteroatoms. The molecule has 1 N–H and O–H groups in total. The summed E-state index contributed by atoms with van der Waals surface area (Å²) in [4.78, 5) is 24.7. The summed E-state index contributed by atoms with van der Waals surface area (Å²) in [6, 6.07) is 4.89. The van der Waals surface area contributed by atoms with Gasteiger partial charge in [-0.3, -0.25) is 9.59 Å². The number of halogens is 1. The van der Waals surface area contributed by atoms with E-state index in [1.54, 1.807) is 19.1 Å². The zero-order valence-corrected chi connectivity index (χ0v) is 12.1. The topological polar surface area (TPSA) is 57.6 Å².